The summed E-state index contributed by atoms with van der Waals surface area (Å²) < 4.78 is 6.53. The van der Waals surface area contributed by atoms with Crippen LogP contribution in [-0.4, -0.2) is 31.9 Å². The molecule has 0 bridgehead atoms. The second-order valence-electron chi connectivity index (χ2n) is 3.28. The molecule has 0 aliphatic heterocycles. The lowest BCUT2D eigenvalue weighted by atomic mass is 10.4. The summed E-state index contributed by atoms with van der Waals surface area (Å²) in [6, 6.07) is 1.80. The van der Waals surface area contributed by atoms with E-state index in [9.17, 15) is 0 Å². The molecule has 0 aromatic carbocycles. The summed E-state index contributed by atoms with van der Waals surface area (Å²) in [4.78, 5) is 0. The van der Waals surface area contributed by atoms with E-state index in [4.69, 9.17) is 9.63 Å². The summed E-state index contributed by atoms with van der Waals surface area (Å²) >= 11 is 0. The van der Waals surface area contributed by atoms with Gasteiger partial charge in [0.2, 0.25) is 0 Å². The number of aliphatic hydroxyl groups excluding tert-OH is 1. The van der Waals surface area contributed by atoms with Crippen LogP contribution in [0.1, 0.15) is 11.5 Å². The third-order valence-corrected chi connectivity index (χ3v) is 2.01. The van der Waals surface area contributed by atoms with Crippen LogP contribution in [0.2, 0.25) is 0 Å². The van der Waals surface area contributed by atoms with Crippen LogP contribution in [0.15, 0.2) is 23.0 Å². The second kappa shape index (κ2) is 5.38. The van der Waals surface area contributed by atoms with Crippen LogP contribution in [0.4, 0.5) is 0 Å². The topological polar surface area (TPSA) is 89.0 Å². The van der Waals surface area contributed by atoms with Gasteiger partial charge in [0.1, 0.15) is 5.76 Å². The van der Waals surface area contributed by atoms with E-state index in [-0.39, 0.29) is 6.61 Å². The fraction of sp³-hybridized carbons (Fsp3) is 0.444. The van der Waals surface area contributed by atoms with Crippen LogP contribution in [-0.2, 0) is 19.6 Å². The maximum absolute atomic E-state index is 8.71. The van der Waals surface area contributed by atoms with Gasteiger partial charge in [-0.3, -0.25) is 0 Å². The Kier molecular flexibility index (Phi) is 3.62. The van der Waals surface area contributed by atoms with Gasteiger partial charge in [-0.15, -0.1) is 5.10 Å². The van der Waals surface area contributed by atoms with Gasteiger partial charge in [-0.25, -0.2) is 4.68 Å². The average molecular weight is 223 g/mol. The van der Waals surface area contributed by atoms with Crippen molar-refractivity contribution < 1.29 is 9.63 Å². The molecule has 0 unspecified atom stereocenters. The van der Waals surface area contributed by atoms with Crippen molar-refractivity contribution >= 4 is 0 Å². The lowest BCUT2D eigenvalue weighted by Crippen LogP contribution is -2.12. The van der Waals surface area contributed by atoms with Gasteiger partial charge >= 0.3 is 0 Å². The zero-order valence-corrected chi connectivity index (χ0v) is 8.70. The number of hydrogen-bond donors (Lipinski definition) is 2. The fourth-order valence-corrected chi connectivity index (χ4v) is 1.28. The Hall–Kier alpha value is -1.73. The highest BCUT2D eigenvalue weighted by atomic mass is 16.5. The summed E-state index contributed by atoms with van der Waals surface area (Å²) in [6.45, 7) is 1.74. The Morgan fingerprint density at radius 2 is 2.38 bits per heavy atom. The number of nitrogens with zero attached hydrogens (tertiary/aromatic N) is 4. The van der Waals surface area contributed by atoms with Crippen molar-refractivity contribution in [1.29, 1.82) is 0 Å². The van der Waals surface area contributed by atoms with Crippen LogP contribution in [0.5, 0.6) is 0 Å². The zero-order valence-electron chi connectivity index (χ0n) is 8.70. The number of nitrogens with one attached hydrogen (secondary N) is 1. The van der Waals surface area contributed by atoms with Crippen LogP contribution in [0.25, 0.3) is 0 Å². The maximum Gasteiger partial charge on any atom is 0.150 e. The molecule has 0 aliphatic carbocycles. The molecule has 2 heterocycles. The fourth-order valence-electron chi connectivity index (χ4n) is 1.28. The summed E-state index contributed by atoms with van der Waals surface area (Å²) in [5, 5.41) is 23.3. The van der Waals surface area contributed by atoms with Crippen molar-refractivity contribution in [2.24, 2.45) is 0 Å². The third kappa shape index (κ3) is 2.88. The first kappa shape index (κ1) is 10.8. The van der Waals surface area contributed by atoms with E-state index >= 15 is 0 Å². The molecule has 2 aromatic heterocycles. The van der Waals surface area contributed by atoms with E-state index in [0.29, 0.717) is 19.6 Å². The standard InChI is InChI=1S/C9H13N5O2/c15-4-3-14-7-8(12-13-14)5-10-6-9-1-2-11-16-9/h1-2,7,10,15H,3-6H2. The Morgan fingerprint density at radius 3 is 3.12 bits per heavy atom. The highest BCUT2D eigenvalue weighted by Gasteiger charge is 2.01. The van der Waals surface area contributed by atoms with E-state index in [1.165, 1.54) is 0 Å². The van der Waals surface area contributed by atoms with Crippen molar-refractivity contribution in [3.63, 3.8) is 0 Å². The van der Waals surface area contributed by atoms with Crippen molar-refractivity contribution in [3.8, 4) is 0 Å². The van der Waals surface area contributed by atoms with E-state index < -0.39 is 0 Å². The lowest BCUT2D eigenvalue weighted by molar-refractivity contribution is 0.268. The SMILES string of the molecule is OCCn1cc(CNCc2ccno2)nn1. The molecule has 7 nitrogen and oxygen atoms in total. The zero-order chi connectivity index (χ0) is 11.2. The molecule has 0 fully saturated rings. The van der Waals surface area contributed by atoms with Gasteiger partial charge in [-0.1, -0.05) is 10.4 Å². The quantitative estimate of drug-likeness (QED) is 0.689. The molecule has 2 N–H and O–H groups in total. The van der Waals surface area contributed by atoms with E-state index in [0.717, 1.165) is 11.5 Å². The van der Waals surface area contributed by atoms with Crippen molar-refractivity contribution in [3.05, 3.63) is 29.9 Å². The predicted molar refractivity (Wildman–Crippen MR) is 54.2 cm³/mol. The van der Waals surface area contributed by atoms with Gasteiger partial charge in [0.25, 0.3) is 0 Å². The summed E-state index contributed by atoms with van der Waals surface area (Å²) in [7, 11) is 0. The molecule has 0 radical (unpaired) electrons. The van der Waals surface area contributed by atoms with E-state index in [1.54, 1.807) is 23.1 Å². The predicted octanol–water partition coefficient (Wildman–Crippen LogP) is -0.452. The molecule has 2 rings (SSSR count). The molecule has 2 aromatic rings. The van der Waals surface area contributed by atoms with Crippen molar-refractivity contribution in [2.45, 2.75) is 19.6 Å². The maximum atomic E-state index is 8.71. The van der Waals surface area contributed by atoms with Gasteiger partial charge in [-0.2, -0.15) is 0 Å². The lowest BCUT2D eigenvalue weighted by Gasteiger charge is -1.97. The van der Waals surface area contributed by atoms with Crippen LogP contribution in [0, 0.1) is 0 Å². The molecule has 0 saturated carbocycles. The normalized spacial score (nSPS) is 10.8. The second-order valence-corrected chi connectivity index (χ2v) is 3.28. The summed E-state index contributed by atoms with van der Waals surface area (Å²) in [5.41, 5.74) is 0.827. The smallest absolute Gasteiger partial charge is 0.150 e. The van der Waals surface area contributed by atoms with E-state index in [1.807, 2.05) is 0 Å². The van der Waals surface area contributed by atoms with Crippen LogP contribution < -0.4 is 5.32 Å². The molecule has 86 valence electrons. The first-order valence-electron chi connectivity index (χ1n) is 4.98. The third-order valence-electron chi connectivity index (χ3n) is 2.01. The molecule has 0 amide bonds. The van der Waals surface area contributed by atoms with Crippen molar-refractivity contribution in [2.75, 3.05) is 6.61 Å². The van der Waals surface area contributed by atoms with Crippen LogP contribution >= 0.6 is 0 Å². The highest BCUT2D eigenvalue weighted by Crippen LogP contribution is 1.97. The summed E-state index contributed by atoms with van der Waals surface area (Å²) in [6.07, 6.45) is 3.40. The first-order chi connectivity index (χ1) is 7.88. The molecule has 0 saturated heterocycles. The largest absolute Gasteiger partial charge is 0.394 e. The molecule has 16 heavy (non-hydrogen) atoms. The molecule has 7 heteroatoms. The Bertz CT molecular complexity index is 411. The molecule has 0 atom stereocenters. The Morgan fingerprint density at radius 1 is 1.44 bits per heavy atom. The molecule has 0 aliphatic rings. The first-order valence-corrected chi connectivity index (χ1v) is 4.98. The Balaban J connectivity index is 1.76. The molecular formula is C9H13N5O2. The van der Waals surface area contributed by atoms with Gasteiger partial charge in [-0.05, 0) is 0 Å². The highest BCUT2D eigenvalue weighted by molar-refractivity contribution is 4.95. The molecular weight excluding hydrogens is 210 g/mol. The van der Waals surface area contributed by atoms with Gasteiger partial charge in [0, 0.05) is 18.8 Å². The van der Waals surface area contributed by atoms with E-state index in [2.05, 4.69) is 20.8 Å². The minimum Gasteiger partial charge on any atom is -0.394 e. The van der Waals surface area contributed by atoms with Crippen LogP contribution in [0.3, 0.4) is 0 Å². The van der Waals surface area contributed by atoms with Gasteiger partial charge in [0.15, 0.2) is 0 Å². The minimum absolute atomic E-state index is 0.0638. The van der Waals surface area contributed by atoms with Gasteiger partial charge in [0.05, 0.1) is 31.6 Å². The Labute approximate surface area is 92.1 Å². The monoisotopic (exact) mass is 223 g/mol. The van der Waals surface area contributed by atoms with Gasteiger partial charge < -0.3 is 14.9 Å². The number of rotatable bonds is 6. The molecule has 0 spiro atoms. The number of aromatic nitrogens is 4. The average Bonchev–Trinajstić information content (AvgIpc) is 2.90. The van der Waals surface area contributed by atoms with Crippen molar-refractivity contribution in [1.82, 2.24) is 25.5 Å². The minimum atomic E-state index is 0.0638. The summed E-state index contributed by atoms with van der Waals surface area (Å²) in [5.74, 6) is 0.780. The number of aliphatic hydroxyl groups is 1. The number of hydrogen-bond acceptors (Lipinski definition) is 6.